The zero-order valence-corrected chi connectivity index (χ0v) is 12.5. The van der Waals surface area contributed by atoms with Gasteiger partial charge in [-0.3, -0.25) is 0 Å². The van der Waals surface area contributed by atoms with Crippen molar-refractivity contribution in [1.29, 1.82) is 5.26 Å². The van der Waals surface area contributed by atoms with Crippen molar-refractivity contribution in [2.45, 2.75) is 49.8 Å². The molecule has 4 atom stereocenters. The lowest BCUT2D eigenvalue weighted by Gasteiger charge is -2.23. The third kappa shape index (κ3) is 1.88. The largest absolute Gasteiger partial charge is 0.373 e. The molecule has 4 nitrogen and oxygen atoms in total. The Morgan fingerprint density at radius 2 is 2.33 bits per heavy atom. The minimum absolute atomic E-state index is 0.192. The third-order valence-electron chi connectivity index (χ3n) is 4.63. The van der Waals surface area contributed by atoms with Gasteiger partial charge in [0.25, 0.3) is 0 Å². The molecule has 0 radical (unpaired) electrons. The van der Waals surface area contributed by atoms with Gasteiger partial charge >= 0.3 is 0 Å². The number of nitrogens with zero attached hydrogens (tertiary/aromatic N) is 3. The highest BCUT2D eigenvalue weighted by Gasteiger charge is 2.43. The summed E-state index contributed by atoms with van der Waals surface area (Å²) in [6, 6.07) is 8.26. The van der Waals surface area contributed by atoms with E-state index in [1.807, 2.05) is 19.1 Å². The molecule has 5 heteroatoms. The average Bonchev–Trinajstić information content (AvgIpc) is 3.18. The summed E-state index contributed by atoms with van der Waals surface area (Å²) in [6.45, 7) is 1.93. The molecule has 108 valence electrons. The lowest BCUT2D eigenvalue weighted by Crippen LogP contribution is -2.22. The van der Waals surface area contributed by atoms with Crippen LogP contribution in [0.4, 0.5) is 0 Å². The van der Waals surface area contributed by atoms with Crippen LogP contribution >= 0.6 is 11.6 Å². The summed E-state index contributed by atoms with van der Waals surface area (Å²) in [5.74, 6) is 0.843. The molecule has 0 amide bonds. The Morgan fingerprint density at radius 1 is 1.48 bits per heavy atom. The number of para-hydroxylation sites is 1. The molecule has 0 aliphatic carbocycles. The molecule has 4 rings (SSSR count). The molecule has 1 aromatic heterocycles. The summed E-state index contributed by atoms with van der Waals surface area (Å²) in [6.07, 6.45) is 3.90. The minimum Gasteiger partial charge on any atom is -0.373 e. The van der Waals surface area contributed by atoms with Crippen molar-refractivity contribution in [3.05, 3.63) is 29.6 Å². The molecule has 1 aromatic carbocycles. The molecule has 4 unspecified atom stereocenters. The van der Waals surface area contributed by atoms with Crippen molar-refractivity contribution in [3.8, 4) is 6.07 Å². The first kappa shape index (κ1) is 13.1. The summed E-state index contributed by atoms with van der Waals surface area (Å²) in [5.41, 5.74) is 2.36. The van der Waals surface area contributed by atoms with Crippen LogP contribution in [-0.4, -0.2) is 21.8 Å². The van der Waals surface area contributed by atoms with Crippen LogP contribution in [-0.2, 0) is 4.74 Å². The van der Waals surface area contributed by atoms with Crippen molar-refractivity contribution >= 4 is 22.6 Å². The lowest BCUT2D eigenvalue weighted by molar-refractivity contribution is 0.0939. The van der Waals surface area contributed by atoms with Crippen molar-refractivity contribution < 1.29 is 4.74 Å². The molecule has 21 heavy (non-hydrogen) atoms. The van der Waals surface area contributed by atoms with Gasteiger partial charge in [-0.1, -0.05) is 6.07 Å². The van der Waals surface area contributed by atoms with E-state index >= 15 is 0 Å². The van der Waals surface area contributed by atoms with E-state index in [-0.39, 0.29) is 11.5 Å². The van der Waals surface area contributed by atoms with E-state index in [0.29, 0.717) is 17.7 Å². The molecule has 2 aromatic rings. The third-order valence-corrected chi connectivity index (χ3v) is 4.82. The highest BCUT2D eigenvalue weighted by Crippen LogP contribution is 2.44. The van der Waals surface area contributed by atoms with Crippen LogP contribution < -0.4 is 0 Å². The Balaban J connectivity index is 1.94. The Labute approximate surface area is 128 Å². The van der Waals surface area contributed by atoms with Crippen molar-refractivity contribution in [2.24, 2.45) is 0 Å². The van der Waals surface area contributed by atoms with Gasteiger partial charge in [0.1, 0.15) is 17.4 Å². The number of alkyl halides is 1. The molecule has 2 bridgehead atoms. The van der Waals surface area contributed by atoms with Crippen molar-refractivity contribution in [2.75, 3.05) is 0 Å². The van der Waals surface area contributed by atoms with Gasteiger partial charge in [0.05, 0.1) is 34.7 Å². The van der Waals surface area contributed by atoms with E-state index in [0.717, 1.165) is 36.1 Å². The second kappa shape index (κ2) is 4.72. The molecular weight excluding hydrogens is 286 g/mol. The second-order valence-corrected chi connectivity index (χ2v) is 6.57. The van der Waals surface area contributed by atoms with E-state index in [9.17, 15) is 5.26 Å². The maximum Gasteiger partial charge on any atom is 0.128 e. The van der Waals surface area contributed by atoms with Crippen LogP contribution in [0.5, 0.6) is 0 Å². The van der Waals surface area contributed by atoms with E-state index in [1.54, 1.807) is 6.07 Å². The fourth-order valence-electron chi connectivity index (χ4n) is 3.74. The monoisotopic (exact) mass is 301 g/mol. The molecule has 2 fully saturated rings. The van der Waals surface area contributed by atoms with Gasteiger partial charge in [-0.2, -0.15) is 5.26 Å². The molecule has 0 saturated carbocycles. The van der Waals surface area contributed by atoms with Crippen LogP contribution in [0, 0.1) is 11.3 Å². The number of halogens is 1. The molecular formula is C16H16ClN3O. The highest BCUT2D eigenvalue weighted by molar-refractivity contribution is 6.20. The average molecular weight is 302 g/mol. The van der Waals surface area contributed by atoms with Crippen LogP contribution in [0.3, 0.4) is 0 Å². The molecule has 2 aliphatic rings. The van der Waals surface area contributed by atoms with Gasteiger partial charge in [0.15, 0.2) is 0 Å². The second-order valence-electron chi connectivity index (χ2n) is 5.92. The number of aromatic nitrogens is 2. The summed E-state index contributed by atoms with van der Waals surface area (Å²) in [4.78, 5) is 4.66. The number of fused-ring (bicyclic) bond motifs is 3. The Morgan fingerprint density at radius 3 is 2.95 bits per heavy atom. The summed E-state index contributed by atoms with van der Waals surface area (Å²) in [5, 5.41) is 9.10. The number of rotatable bonds is 2. The predicted molar refractivity (Wildman–Crippen MR) is 80.3 cm³/mol. The van der Waals surface area contributed by atoms with Crippen molar-refractivity contribution in [3.63, 3.8) is 0 Å². The van der Waals surface area contributed by atoms with Gasteiger partial charge < -0.3 is 9.30 Å². The quantitative estimate of drug-likeness (QED) is 0.795. The van der Waals surface area contributed by atoms with Crippen LogP contribution in [0.2, 0.25) is 0 Å². The number of hydrogen-bond donors (Lipinski definition) is 0. The van der Waals surface area contributed by atoms with E-state index in [4.69, 9.17) is 16.3 Å². The fraction of sp³-hybridized carbons (Fsp3) is 0.500. The van der Waals surface area contributed by atoms with Gasteiger partial charge in [0, 0.05) is 0 Å². The Bertz CT molecular complexity index is 746. The van der Waals surface area contributed by atoms with Gasteiger partial charge in [-0.25, -0.2) is 4.98 Å². The number of ether oxygens (including phenoxy) is 1. The van der Waals surface area contributed by atoms with E-state index in [2.05, 4.69) is 15.6 Å². The number of imidazole rings is 1. The van der Waals surface area contributed by atoms with Gasteiger partial charge in [0.2, 0.25) is 0 Å². The molecule has 2 saturated heterocycles. The normalized spacial score (nSPS) is 28.9. The topological polar surface area (TPSA) is 50.8 Å². The SMILES string of the molecule is CC(Cl)c1nc2c(C#N)cccc2n1C1CC2CCC1O2. The molecule has 3 heterocycles. The molecule has 2 aliphatic heterocycles. The standard InChI is InChI=1S/C16H16ClN3O/c1-9(17)16-19-15-10(8-18)3-2-4-12(15)20(16)13-7-11-5-6-14(13)21-11/h2-4,9,11,13-14H,5-7H2,1H3. The van der Waals surface area contributed by atoms with Crippen molar-refractivity contribution in [1.82, 2.24) is 9.55 Å². The maximum atomic E-state index is 9.29. The van der Waals surface area contributed by atoms with Gasteiger partial charge in [-0.15, -0.1) is 11.6 Å². The zero-order valence-electron chi connectivity index (χ0n) is 11.8. The fourth-order valence-corrected chi connectivity index (χ4v) is 3.89. The maximum absolute atomic E-state index is 9.29. The van der Waals surface area contributed by atoms with E-state index in [1.165, 1.54) is 0 Å². The predicted octanol–water partition coefficient (Wildman–Crippen LogP) is 3.70. The number of hydrogen-bond acceptors (Lipinski definition) is 3. The zero-order chi connectivity index (χ0) is 14.6. The number of benzene rings is 1. The number of nitriles is 1. The molecule has 0 N–H and O–H groups in total. The summed E-state index contributed by atoms with van der Waals surface area (Å²) in [7, 11) is 0. The summed E-state index contributed by atoms with van der Waals surface area (Å²) >= 11 is 6.35. The van der Waals surface area contributed by atoms with Crippen LogP contribution in [0.15, 0.2) is 18.2 Å². The smallest absolute Gasteiger partial charge is 0.128 e. The van der Waals surface area contributed by atoms with Crippen LogP contribution in [0.1, 0.15) is 49.0 Å². The van der Waals surface area contributed by atoms with Gasteiger partial charge in [-0.05, 0) is 38.3 Å². The van der Waals surface area contributed by atoms with Crippen LogP contribution in [0.25, 0.3) is 11.0 Å². The Hall–Kier alpha value is -1.57. The molecule has 0 spiro atoms. The summed E-state index contributed by atoms with van der Waals surface area (Å²) < 4.78 is 8.21. The van der Waals surface area contributed by atoms with E-state index < -0.39 is 0 Å². The first-order valence-corrected chi connectivity index (χ1v) is 7.83. The minimum atomic E-state index is -0.192. The first-order valence-electron chi connectivity index (χ1n) is 7.39. The Kier molecular flexibility index (Phi) is 2.95. The first-order chi connectivity index (χ1) is 10.2. The lowest BCUT2D eigenvalue weighted by atomic mass is 9.95. The highest BCUT2D eigenvalue weighted by atomic mass is 35.5.